The Labute approximate surface area is 117 Å². The Hall–Kier alpha value is -0.910. The normalized spacial score (nSPS) is 18.1. The van der Waals surface area contributed by atoms with Gasteiger partial charge in [0.1, 0.15) is 5.75 Å². The van der Waals surface area contributed by atoms with Crippen molar-refractivity contribution in [3.8, 4) is 11.8 Å². The van der Waals surface area contributed by atoms with Crippen LogP contribution in [0.1, 0.15) is 37.7 Å². The van der Waals surface area contributed by atoms with E-state index in [0.717, 1.165) is 31.2 Å². The third kappa shape index (κ3) is 2.18. The molecule has 1 aliphatic rings. The lowest BCUT2D eigenvalue weighted by Gasteiger charge is -2.33. The number of nitriles is 1. The van der Waals surface area contributed by atoms with Crippen LogP contribution >= 0.6 is 23.2 Å². The maximum atomic E-state index is 9.62. The van der Waals surface area contributed by atoms with Gasteiger partial charge in [-0.25, -0.2) is 0 Å². The monoisotopic (exact) mass is 283 g/mol. The predicted molar refractivity (Wildman–Crippen MR) is 73.4 cm³/mol. The Kier molecular flexibility index (Phi) is 4.04. The van der Waals surface area contributed by atoms with E-state index in [-0.39, 0.29) is 0 Å². The zero-order valence-electron chi connectivity index (χ0n) is 10.3. The molecule has 0 aliphatic heterocycles. The SMILES string of the molecule is COc1c(Cl)ccc(Cl)c1C1(C#N)CCCCC1. The minimum atomic E-state index is -0.550. The van der Waals surface area contributed by atoms with Crippen molar-refractivity contribution in [1.82, 2.24) is 0 Å². The number of rotatable bonds is 2. The number of hydrogen-bond acceptors (Lipinski definition) is 2. The standard InChI is InChI=1S/C14H15Cl2NO/c1-18-13-11(16)6-5-10(15)12(13)14(9-17)7-3-2-4-8-14/h5-6H,2-4,7-8H2,1H3. The first-order valence-electron chi connectivity index (χ1n) is 6.08. The molecule has 1 saturated carbocycles. The first-order valence-corrected chi connectivity index (χ1v) is 6.84. The van der Waals surface area contributed by atoms with Gasteiger partial charge in [-0.1, -0.05) is 42.5 Å². The van der Waals surface area contributed by atoms with Crippen molar-refractivity contribution >= 4 is 23.2 Å². The van der Waals surface area contributed by atoms with E-state index in [2.05, 4.69) is 6.07 Å². The fraction of sp³-hybridized carbons (Fsp3) is 0.500. The van der Waals surface area contributed by atoms with Gasteiger partial charge in [-0.3, -0.25) is 0 Å². The molecule has 0 unspecified atom stereocenters. The summed E-state index contributed by atoms with van der Waals surface area (Å²) in [5, 5.41) is 10.7. The zero-order chi connectivity index (χ0) is 13.2. The van der Waals surface area contributed by atoms with Gasteiger partial charge in [0, 0.05) is 10.6 Å². The fourth-order valence-corrected chi connectivity index (χ4v) is 3.32. The molecule has 2 nitrogen and oxygen atoms in total. The molecule has 1 aromatic carbocycles. The van der Waals surface area contributed by atoms with Crippen LogP contribution in [-0.2, 0) is 5.41 Å². The summed E-state index contributed by atoms with van der Waals surface area (Å²) in [6.07, 6.45) is 4.89. The lowest BCUT2D eigenvalue weighted by Crippen LogP contribution is -2.28. The van der Waals surface area contributed by atoms with Crippen molar-refractivity contribution in [2.45, 2.75) is 37.5 Å². The molecule has 0 saturated heterocycles. The zero-order valence-corrected chi connectivity index (χ0v) is 11.8. The van der Waals surface area contributed by atoms with Gasteiger partial charge >= 0.3 is 0 Å². The minimum Gasteiger partial charge on any atom is -0.495 e. The highest BCUT2D eigenvalue weighted by Crippen LogP contribution is 2.48. The van der Waals surface area contributed by atoms with Gasteiger partial charge in [0.2, 0.25) is 0 Å². The van der Waals surface area contributed by atoms with Crippen LogP contribution < -0.4 is 4.74 Å². The smallest absolute Gasteiger partial charge is 0.143 e. The summed E-state index contributed by atoms with van der Waals surface area (Å²) < 4.78 is 5.37. The van der Waals surface area contributed by atoms with Crippen LogP contribution in [0.2, 0.25) is 10.0 Å². The summed E-state index contributed by atoms with van der Waals surface area (Å²) in [5.74, 6) is 0.549. The molecule has 18 heavy (non-hydrogen) atoms. The maximum Gasteiger partial charge on any atom is 0.143 e. The molecular formula is C14H15Cl2NO. The molecule has 0 spiro atoms. The van der Waals surface area contributed by atoms with Crippen molar-refractivity contribution in [3.05, 3.63) is 27.7 Å². The van der Waals surface area contributed by atoms with E-state index >= 15 is 0 Å². The Morgan fingerprint density at radius 3 is 2.33 bits per heavy atom. The van der Waals surface area contributed by atoms with E-state index in [0.29, 0.717) is 15.8 Å². The third-order valence-corrected chi connectivity index (χ3v) is 4.28. The quantitative estimate of drug-likeness (QED) is 0.786. The molecule has 4 heteroatoms. The van der Waals surface area contributed by atoms with Crippen LogP contribution in [0.4, 0.5) is 0 Å². The van der Waals surface area contributed by atoms with Gasteiger partial charge in [0.15, 0.2) is 0 Å². The first-order chi connectivity index (χ1) is 8.64. The third-order valence-electron chi connectivity index (χ3n) is 3.66. The van der Waals surface area contributed by atoms with E-state index in [1.165, 1.54) is 6.42 Å². The van der Waals surface area contributed by atoms with E-state index in [1.54, 1.807) is 19.2 Å². The molecule has 0 radical (unpaired) electrons. The molecule has 0 amide bonds. The lowest BCUT2D eigenvalue weighted by atomic mass is 9.70. The number of nitrogens with zero attached hydrogens (tertiary/aromatic N) is 1. The molecule has 0 N–H and O–H groups in total. The molecule has 1 aliphatic carbocycles. The van der Waals surface area contributed by atoms with Crippen LogP contribution in [0, 0.1) is 11.3 Å². The molecule has 0 bridgehead atoms. The van der Waals surface area contributed by atoms with Crippen LogP contribution in [0.15, 0.2) is 12.1 Å². The van der Waals surface area contributed by atoms with Crippen molar-refractivity contribution in [3.63, 3.8) is 0 Å². The molecule has 96 valence electrons. The van der Waals surface area contributed by atoms with Crippen LogP contribution in [0.3, 0.4) is 0 Å². The molecule has 2 rings (SSSR count). The second-order valence-corrected chi connectivity index (χ2v) is 5.51. The molecule has 1 fully saturated rings. The van der Waals surface area contributed by atoms with Crippen LogP contribution in [0.25, 0.3) is 0 Å². The van der Waals surface area contributed by atoms with E-state index in [1.807, 2.05) is 0 Å². The van der Waals surface area contributed by atoms with Crippen molar-refractivity contribution < 1.29 is 4.74 Å². The molecule has 0 heterocycles. The number of methoxy groups -OCH3 is 1. The predicted octanol–water partition coefficient (Wildman–Crippen LogP) is 4.73. The Balaban J connectivity index is 2.61. The van der Waals surface area contributed by atoms with Crippen LogP contribution in [-0.4, -0.2) is 7.11 Å². The molecule has 0 aromatic heterocycles. The van der Waals surface area contributed by atoms with Crippen LogP contribution in [0.5, 0.6) is 5.75 Å². The average molecular weight is 284 g/mol. The maximum absolute atomic E-state index is 9.62. The van der Waals surface area contributed by atoms with E-state index in [9.17, 15) is 5.26 Å². The number of ether oxygens (including phenoxy) is 1. The molecule has 0 atom stereocenters. The van der Waals surface area contributed by atoms with Gasteiger partial charge in [-0.15, -0.1) is 0 Å². The fourth-order valence-electron chi connectivity index (χ4n) is 2.75. The van der Waals surface area contributed by atoms with Crippen molar-refractivity contribution in [1.29, 1.82) is 5.26 Å². The summed E-state index contributed by atoms with van der Waals surface area (Å²) in [6, 6.07) is 5.91. The second-order valence-electron chi connectivity index (χ2n) is 4.69. The Morgan fingerprint density at radius 2 is 1.78 bits per heavy atom. The summed E-state index contributed by atoms with van der Waals surface area (Å²) >= 11 is 12.4. The highest BCUT2D eigenvalue weighted by atomic mass is 35.5. The Morgan fingerprint density at radius 1 is 1.17 bits per heavy atom. The van der Waals surface area contributed by atoms with Gasteiger partial charge in [0.25, 0.3) is 0 Å². The summed E-state index contributed by atoms with van der Waals surface area (Å²) in [7, 11) is 1.56. The highest BCUT2D eigenvalue weighted by molar-refractivity contribution is 6.35. The van der Waals surface area contributed by atoms with Crippen molar-refractivity contribution in [2.75, 3.05) is 7.11 Å². The van der Waals surface area contributed by atoms with Gasteiger partial charge < -0.3 is 4.74 Å². The number of halogens is 2. The number of benzene rings is 1. The van der Waals surface area contributed by atoms with Gasteiger partial charge in [-0.05, 0) is 25.0 Å². The molecular weight excluding hydrogens is 269 g/mol. The lowest BCUT2D eigenvalue weighted by molar-refractivity contribution is 0.342. The minimum absolute atomic E-state index is 0.511. The average Bonchev–Trinajstić information content (AvgIpc) is 2.41. The first kappa shape index (κ1) is 13.5. The molecule has 1 aromatic rings. The van der Waals surface area contributed by atoms with Gasteiger partial charge in [-0.2, -0.15) is 5.26 Å². The van der Waals surface area contributed by atoms with Crippen molar-refractivity contribution in [2.24, 2.45) is 0 Å². The van der Waals surface area contributed by atoms with E-state index in [4.69, 9.17) is 27.9 Å². The second kappa shape index (κ2) is 5.38. The Bertz CT molecular complexity index is 487. The summed E-state index contributed by atoms with van der Waals surface area (Å²) in [5.41, 5.74) is 0.215. The summed E-state index contributed by atoms with van der Waals surface area (Å²) in [6.45, 7) is 0. The topological polar surface area (TPSA) is 33.0 Å². The highest BCUT2D eigenvalue weighted by Gasteiger charge is 2.38. The van der Waals surface area contributed by atoms with Gasteiger partial charge in [0.05, 0.1) is 23.6 Å². The largest absolute Gasteiger partial charge is 0.495 e. The van der Waals surface area contributed by atoms with E-state index < -0.39 is 5.41 Å². The number of hydrogen-bond donors (Lipinski definition) is 0. The summed E-state index contributed by atoms with van der Waals surface area (Å²) in [4.78, 5) is 0.